The van der Waals surface area contributed by atoms with Gasteiger partial charge < -0.3 is 9.67 Å². The lowest BCUT2D eigenvalue weighted by Crippen LogP contribution is -2.10. The second-order valence-electron chi connectivity index (χ2n) is 7.01. The van der Waals surface area contributed by atoms with Gasteiger partial charge in [0, 0.05) is 30.3 Å². The van der Waals surface area contributed by atoms with Crippen LogP contribution < -0.4 is 0 Å². The Morgan fingerprint density at radius 2 is 1.90 bits per heavy atom. The minimum atomic E-state index is 0.184. The van der Waals surface area contributed by atoms with Crippen LogP contribution in [-0.2, 0) is 18.4 Å². The first kappa shape index (κ1) is 16.1. The first-order chi connectivity index (χ1) is 9.97. The molecule has 2 aromatic rings. The summed E-state index contributed by atoms with van der Waals surface area (Å²) in [5.74, 6) is 0. The molecular formula is C19H29NO. The molecule has 0 amide bonds. The van der Waals surface area contributed by atoms with E-state index in [0.29, 0.717) is 0 Å². The lowest BCUT2D eigenvalue weighted by Gasteiger charge is -2.19. The molecule has 0 atom stereocenters. The molecule has 0 aliphatic carbocycles. The van der Waals surface area contributed by atoms with Gasteiger partial charge in [0.2, 0.25) is 0 Å². The predicted octanol–water partition coefficient (Wildman–Crippen LogP) is 4.66. The summed E-state index contributed by atoms with van der Waals surface area (Å²) < 4.78 is 2.31. The fourth-order valence-corrected chi connectivity index (χ4v) is 2.83. The van der Waals surface area contributed by atoms with Crippen LogP contribution in [0, 0.1) is 0 Å². The van der Waals surface area contributed by atoms with Crippen molar-refractivity contribution in [2.75, 3.05) is 6.61 Å². The quantitative estimate of drug-likeness (QED) is 0.821. The van der Waals surface area contributed by atoms with Crippen molar-refractivity contribution < 1.29 is 5.11 Å². The summed E-state index contributed by atoms with van der Waals surface area (Å²) in [5, 5.41) is 10.5. The van der Waals surface area contributed by atoms with E-state index >= 15 is 0 Å². The van der Waals surface area contributed by atoms with Gasteiger partial charge in [-0.3, -0.25) is 0 Å². The molecule has 0 aliphatic heterocycles. The second kappa shape index (κ2) is 6.65. The Bertz CT molecular complexity index is 589. The summed E-state index contributed by atoms with van der Waals surface area (Å²) in [5.41, 5.74) is 4.34. The highest BCUT2D eigenvalue weighted by atomic mass is 16.3. The molecule has 21 heavy (non-hydrogen) atoms. The highest BCUT2D eigenvalue weighted by Gasteiger charge is 2.16. The third-order valence-corrected chi connectivity index (χ3v) is 4.19. The molecule has 0 spiro atoms. The fourth-order valence-electron chi connectivity index (χ4n) is 2.83. The number of aromatic nitrogens is 1. The van der Waals surface area contributed by atoms with Crippen molar-refractivity contribution in [3.63, 3.8) is 0 Å². The third-order valence-electron chi connectivity index (χ3n) is 4.19. The molecule has 1 N–H and O–H groups in total. The third kappa shape index (κ3) is 3.68. The summed E-state index contributed by atoms with van der Waals surface area (Å²) in [7, 11) is 0. The minimum absolute atomic E-state index is 0.184. The molecule has 0 saturated heterocycles. The standard InChI is InChI=1S/C19H29NO/c1-5-6-8-15-14-20(11-7-12-21)18-10-9-16(13-17(15)18)19(2,3)4/h9-10,13-14,21H,5-8,11-12H2,1-4H3. The van der Waals surface area contributed by atoms with E-state index in [1.165, 1.54) is 34.9 Å². The maximum atomic E-state index is 9.09. The Morgan fingerprint density at radius 1 is 1.14 bits per heavy atom. The van der Waals surface area contributed by atoms with Crippen LogP contribution >= 0.6 is 0 Å². The van der Waals surface area contributed by atoms with Gasteiger partial charge in [-0.25, -0.2) is 0 Å². The number of aliphatic hydroxyl groups excluding tert-OH is 1. The Morgan fingerprint density at radius 3 is 2.52 bits per heavy atom. The monoisotopic (exact) mass is 287 g/mol. The van der Waals surface area contributed by atoms with Crippen LogP contribution in [0.2, 0.25) is 0 Å². The molecule has 0 unspecified atom stereocenters. The van der Waals surface area contributed by atoms with Gasteiger partial charge in [0.25, 0.3) is 0 Å². The van der Waals surface area contributed by atoms with Crippen molar-refractivity contribution in [1.29, 1.82) is 0 Å². The maximum absolute atomic E-state index is 9.09. The van der Waals surface area contributed by atoms with Crippen molar-refractivity contribution in [3.05, 3.63) is 35.5 Å². The van der Waals surface area contributed by atoms with Gasteiger partial charge in [0.05, 0.1) is 0 Å². The molecule has 2 rings (SSSR count). The molecule has 2 nitrogen and oxygen atoms in total. The van der Waals surface area contributed by atoms with Crippen molar-refractivity contribution in [2.45, 2.75) is 65.3 Å². The molecule has 1 heterocycles. The molecule has 0 bridgehead atoms. The number of unbranched alkanes of at least 4 members (excludes halogenated alkanes) is 1. The second-order valence-corrected chi connectivity index (χ2v) is 7.01. The van der Waals surface area contributed by atoms with E-state index in [4.69, 9.17) is 5.11 Å². The fraction of sp³-hybridized carbons (Fsp3) is 0.579. The van der Waals surface area contributed by atoms with Crippen LogP contribution in [0.15, 0.2) is 24.4 Å². The van der Waals surface area contributed by atoms with E-state index in [9.17, 15) is 0 Å². The van der Waals surface area contributed by atoms with Gasteiger partial charge in [0.1, 0.15) is 0 Å². The number of fused-ring (bicyclic) bond motifs is 1. The molecule has 0 saturated carbocycles. The molecule has 0 aliphatic rings. The zero-order valence-electron chi connectivity index (χ0n) is 13.9. The first-order valence-corrected chi connectivity index (χ1v) is 8.20. The van der Waals surface area contributed by atoms with Crippen molar-refractivity contribution in [3.8, 4) is 0 Å². The molecule has 0 radical (unpaired) electrons. The molecule has 1 aromatic heterocycles. The van der Waals surface area contributed by atoms with Gasteiger partial charge in [-0.05, 0) is 47.9 Å². The Kier molecular flexibility index (Phi) is 5.10. The van der Waals surface area contributed by atoms with E-state index in [1.54, 1.807) is 0 Å². The average molecular weight is 287 g/mol. The molecule has 2 heteroatoms. The summed E-state index contributed by atoms with van der Waals surface area (Å²) in [6, 6.07) is 6.87. The van der Waals surface area contributed by atoms with Crippen LogP contribution in [0.25, 0.3) is 10.9 Å². The van der Waals surface area contributed by atoms with Crippen molar-refractivity contribution >= 4 is 10.9 Å². The Labute approximate surface area is 128 Å². The van der Waals surface area contributed by atoms with Gasteiger partial charge in [0.15, 0.2) is 0 Å². The highest BCUT2D eigenvalue weighted by molar-refractivity contribution is 5.85. The summed E-state index contributed by atoms with van der Waals surface area (Å²) in [6.45, 7) is 10.2. The maximum Gasteiger partial charge on any atom is 0.0483 e. The minimum Gasteiger partial charge on any atom is -0.396 e. The van der Waals surface area contributed by atoms with Gasteiger partial charge in [-0.1, -0.05) is 40.2 Å². The predicted molar refractivity (Wildman–Crippen MR) is 91.0 cm³/mol. The zero-order chi connectivity index (χ0) is 15.5. The molecule has 116 valence electrons. The lowest BCUT2D eigenvalue weighted by molar-refractivity contribution is 0.280. The number of rotatable bonds is 6. The van der Waals surface area contributed by atoms with Crippen LogP contribution in [-0.4, -0.2) is 16.3 Å². The number of benzene rings is 1. The summed E-state index contributed by atoms with van der Waals surface area (Å²) in [6.07, 6.45) is 6.72. The van der Waals surface area contributed by atoms with Crippen LogP contribution in [0.5, 0.6) is 0 Å². The largest absolute Gasteiger partial charge is 0.396 e. The number of hydrogen-bond acceptors (Lipinski definition) is 1. The van der Waals surface area contributed by atoms with Crippen molar-refractivity contribution in [2.24, 2.45) is 0 Å². The first-order valence-electron chi connectivity index (χ1n) is 8.20. The highest BCUT2D eigenvalue weighted by Crippen LogP contribution is 2.30. The molecule has 0 fully saturated rings. The molecule has 1 aromatic carbocycles. The van der Waals surface area contributed by atoms with E-state index in [-0.39, 0.29) is 12.0 Å². The summed E-state index contributed by atoms with van der Waals surface area (Å²) >= 11 is 0. The van der Waals surface area contributed by atoms with Gasteiger partial charge in [-0.2, -0.15) is 0 Å². The normalized spacial score (nSPS) is 12.2. The number of aryl methyl sites for hydroxylation is 2. The van der Waals surface area contributed by atoms with E-state index in [1.807, 2.05) is 0 Å². The number of aliphatic hydroxyl groups is 1. The van der Waals surface area contributed by atoms with Gasteiger partial charge >= 0.3 is 0 Å². The van der Waals surface area contributed by atoms with Crippen LogP contribution in [0.3, 0.4) is 0 Å². The van der Waals surface area contributed by atoms with E-state index in [2.05, 4.69) is 56.7 Å². The average Bonchev–Trinajstić information content (AvgIpc) is 2.79. The van der Waals surface area contributed by atoms with E-state index in [0.717, 1.165) is 19.4 Å². The van der Waals surface area contributed by atoms with Gasteiger partial charge in [-0.15, -0.1) is 0 Å². The topological polar surface area (TPSA) is 25.2 Å². The Hall–Kier alpha value is -1.28. The number of hydrogen-bond donors (Lipinski definition) is 1. The molecular weight excluding hydrogens is 258 g/mol. The number of nitrogens with zero attached hydrogens (tertiary/aromatic N) is 1. The smallest absolute Gasteiger partial charge is 0.0483 e. The van der Waals surface area contributed by atoms with Crippen LogP contribution in [0.4, 0.5) is 0 Å². The SMILES string of the molecule is CCCCc1cn(CCCO)c2ccc(C(C)(C)C)cc12. The van der Waals surface area contributed by atoms with Crippen LogP contribution in [0.1, 0.15) is 58.1 Å². The zero-order valence-corrected chi connectivity index (χ0v) is 13.9. The van der Waals surface area contributed by atoms with E-state index < -0.39 is 0 Å². The lowest BCUT2D eigenvalue weighted by atomic mass is 9.86. The Balaban J connectivity index is 2.47. The van der Waals surface area contributed by atoms with Crippen molar-refractivity contribution in [1.82, 2.24) is 4.57 Å². The summed E-state index contributed by atoms with van der Waals surface area (Å²) in [4.78, 5) is 0.